The van der Waals surface area contributed by atoms with Gasteiger partial charge in [-0.15, -0.1) is 0 Å². The van der Waals surface area contributed by atoms with Crippen LogP contribution in [0.25, 0.3) is 0 Å². The number of aliphatic hydroxyl groups is 1. The van der Waals surface area contributed by atoms with Gasteiger partial charge in [-0.3, -0.25) is 14.9 Å². The zero-order chi connectivity index (χ0) is 35.7. The maximum absolute atomic E-state index is 14.0. The highest BCUT2D eigenvalue weighted by molar-refractivity contribution is 6.35. The molecule has 0 aromatic heterocycles. The van der Waals surface area contributed by atoms with Crippen LogP contribution in [0.5, 0.6) is 5.75 Å². The number of amides is 3. The molecule has 1 aromatic carbocycles. The number of rotatable bonds is 5. The number of fused-ring (bicyclic) bond motifs is 5. The van der Waals surface area contributed by atoms with Crippen LogP contribution in [0.4, 0.5) is 10.5 Å². The van der Waals surface area contributed by atoms with Crippen LogP contribution in [0, 0.1) is 5.92 Å². The molecule has 3 amide bonds. The Hall–Kier alpha value is -3.65. The molecule has 3 aliphatic heterocycles. The van der Waals surface area contributed by atoms with Crippen LogP contribution in [-0.2, 0) is 39.8 Å². The highest BCUT2D eigenvalue weighted by atomic mass is 35.5. The summed E-state index contributed by atoms with van der Waals surface area (Å²) in [6, 6.07) is 2.63. The van der Waals surface area contributed by atoms with Crippen molar-refractivity contribution >= 4 is 41.2 Å². The summed E-state index contributed by atoms with van der Waals surface area (Å²) in [5.41, 5.74) is -0.871. The van der Waals surface area contributed by atoms with E-state index in [4.69, 9.17) is 35.3 Å². The summed E-state index contributed by atoms with van der Waals surface area (Å²) in [6.45, 7) is 8.29. The molecule has 13 nitrogen and oxygen atoms in total. The number of likely N-dealkylation sites (N-methyl/N-ethyl adjacent to an activating group) is 1. The Morgan fingerprint density at radius 3 is 2.56 bits per heavy atom. The lowest BCUT2D eigenvalue weighted by molar-refractivity contribution is -0.161. The Labute approximate surface area is 286 Å². The van der Waals surface area contributed by atoms with Crippen LogP contribution in [0.15, 0.2) is 35.9 Å². The fourth-order valence-electron chi connectivity index (χ4n) is 6.27. The van der Waals surface area contributed by atoms with Crippen LogP contribution in [0.3, 0.4) is 0 Å². The van der Waals surface area contributed by atoms with Gasteiger partial charge in [0.25, 0.3) is 0 Å². The molecule has 4 bridgehead atoms. The van der Waals surface area contributed by atoms with Crippen LogP contribution in [0.2, 0.25) is 5.02 Å². The van der Waals surface area contributed by atoms with Gasteiger partial charge in [0.1, 0.15) is 40.7 Å². The number of halogens is 1. The Balaban J connectivity index is 1.80. The highest BCUT2D eigenvalue weighted by Gasteiger charge is 2.64. The maximum atomic E-state index is 14.0. The van der Waals surface area contributed by atoms with Crippen molar-refractivity contribution in [3.8, 4) is 5.75 Å². The van der Waals surface area contributed by atoms with Gasteiger partial charge in [0.2, 0.25) is 11.8 Å². The molecule has 0 aliphatic carbocycles. The minimum absolute atomic E-state index is 0.0436. The monoisotopic (exact) mass is 691 g/mol. The van der Waals surface area contributed by atoms with Gasteiger partial charge in [-0.05, 0) is 44.9 Å². The van der Waals surface area contributed by atoms with E-state index in [0.717, 1.165) is 11.1 Å². The van der Waals surface area contributed by atoms with E-state index < -0.39 is 65.7 Å². The summed E-state index contributed by atoms with van der Waals surface area (Å²) in [5.74, 6) is -1.63. The molecular weight excluding hydrogens is 646 g/mol. The standard InChI is InChI=1S/C34H46ClN3O10/c1-18-11-10-12-26(45-9)34(43)17-25(46-32(42)36-34)19(2)30-33(5,48-30)27(47-31(41)20(3)37(6)21(4)39)16-28(40)38(7)23-14-22(13-18)15-24(44-8)29(23)35/h10-12,14-15,19-20,25-27,30,43H,13,16-17H2,1-9H3,(H,36,42)/b12-10+,18-11+/t19-,20+,25+,26-,27?,30+,33+,34+/m1/s1. The lowest BCUT2D eigenvalue weighted by Crippen LogP contribution is -2.63. The van der Waals surface area contributed by atoms with E-state index >= 15 is 0 Å². The van der Waals surface area contributed by atoms with Crippen LogP contribution in [-0.4, -0.2) is 104 Å². The van der Waals surface area contributed by atoms with Crippen molar-refractivity contribution < 1.29 is 48.0 Å². The zero-order valence-corrected chi connectivity index (χ0v) is 29.6. The molecule has 264 valence electrons. The summed E-state index contributed by atoms with van der Waals surface area (Å²) in [6.07, 6.45) is 1.02. The van der Waals surface area contributed by atoms with Crippen LogP contribution < -0.4 is 15.0 Å². The molecule has 2 N–H and O–H groups in total. The number of carbonyl (C=O) groups is 4. The van der Waals surface area contributed by atoms with Gasteiger partial charge in [-0.2, -0.15) is 0 Å². The molecule has 3 aliphatic rings. The normalized spacial score (nSPS) is 33.2. The van der Waals surface area contributed by atoms with E-state index in [1.165, 1.54) is 44.9 Å². The van der Waals surface area contributed by atoms with Gasteiger partial charge in [0.05, 0.1) is 25.3 Å². The summed E-state index contributed by atoms with van der Waals surface area (Å²) < 4.78 is 28.9. The molecule has 14 heteroatoms. The number of alkyl carbamates (subject to hydrolysis) is 1. The highest BCUT2D eigenvalue weighted by Crippen LogP contribution is 2.49. The zero-order valence-electron chi connectivity index (χ0n) is 28.9. The smallest absolute Gasteiger partial charge is 0.409 e. The molecule has 4 rings (SSSR count). The molecule has 1 unspecified atom stereocenters. The first-order chi connectivity index (χ1) is 22.4. The first-order valence-electron chi connectivity index (χ1n) is 15.8. The van der Waals surface area contributed by atoms with Gasteiger partial charge in [-0.1, -0.05) is 42.3 Å². The SMILES string of the molecule is COc1cc2cc(c1Cl)N(C)C(=O)CC(OC(=O)[C@H](C)N(C)C(C)=O)[C@]1(C)O[C@H]1[C@H](C)[C@@H]1C[C@@](O)(NC(=O)O1)[C@H](OC)/C=C/C=C(\C)C2. The molecule has 2 fully saturated rings. The number of ether oxygens (including phenoxy) is 5. The number of methoxy groups -OCH3 is 2. The van der Waals surface area contributed by atoms with Gasteiger partial charge in [0, 0.05) is 40.5 Å². The molecule has 8 atom stereocenters. The van der Waals surface area contributed by atoms with Crippen molar-refractivity contribution in [2.45, 2.75) is 95.7 Å². The molecule has 3 heterocycles. The van der Waals surface area contributed by atoms with Crippen molar-refractivity contribution in [1.82, 2.24) is 10.2 Å². The van der Waals surface area contributed by atoms with E-state index in [2.05, 4.69) is 5.32 Å². The van der Waals surface area contributed by atoms with Crippen molar-refractivity contribution in [2.24, 2.45) is 5.92 Å². The molecule has 0 saturated carbocycles. The van der Waals surface area contributed by atoms with Crippen molar-refractivity contribution in [1.29, 1.82) is 0 Å². The van der Waals surface area contributed by atoms with E-state index in [1.807, 2.05) is 13.0 Å². The number of allylic oxidation sites excluding steroid dienone is 3. The quantitative estimate of drug-likeness (QED) is 0.346. The van der Waals surface area contributed by atoms with Gasteiger partial charge in [-0.25, -0.2) is 9.59 Å². The number of hydrogen-bond donors (Lipinski definition) is 2. The average Bonchev–Trinajstić information content (AvgIpc) is 3.73. The van der Waals surface area contributed by atoms with Crippen LogP contribution >= 0.6 is 11.6 Å². The van der Waals surface area contributed by atoms with Gasteiger partial charge in [0.15, 0.2) is 5.72 Å². The molecular formula is C34H46ClN3O10. The number of carbonyl (C=O) groups excluding carboxylic acids is 4. The minimum atomic E-state index is -1.81. The second kappa shape index (κ2) is 14.5. The van der Waals surface area contributed by atoms with E-state index in [1.54, 1.807) is 45.2 Å². The lowest BCUT2D eigenvalue weighted by Gasteiger charge is -2.42. The number of esters is 1. The summed E-state index contributed by atoms with van der Waals surface area (Å²) in [4.78, 5) is 54.7. The van der Waals surface area contributed by atoms with Crippen LogP contribution in [0.1, 0.15) is 53.0 Å². The third-order valence-corrected chi connectivity index (χ3v) is 10.0. The number of hydrogen-bond acceptors (Lipinski definition) is 10. The second-order valence-corrected chi connectivity index (χ2v) is 13.4. The fourth-order valence-corrected chi connectivity index (χ4v) is 6.59. The van der Waals surface area contributed by atoms with Crippen molar-refractivity contribution in [2.75, 3.05) is 33.2 Å². The first kappa shape index (κ1) is 37.2. The summed E-state index contributed by atoms with van der Waals surface area (Å²) >= 11 is 6.71. The molecule has 48 heavy (non-hydrogen) atoms. The van der Waals surface area contributed by atoms with Gasteiger partial charge >= 0.3 is 12.1 Å². The third kappa shape index (κ3) is 7.64. The van der Waals surface area contributed by atoms with Crippen molar-refractivity contribution in [3.63, 3.8) is 0 Å². The summed E-state index contributed by atoms with van der Waals surface area (Å²) in [7, 11) is 5.97. The Morgan fingerprint density at radius 1 is 1.25 bits per heavy atom. The lowest BCUT2D eigenvalue weighted by atomic mass is 9.83. The predicted molar refractivity (Wildman–Crippen MR) is 177 cm³/mol. The maximum Gasteiger partial charge on any atom is 0.409 e. The van der Waals surface area contributed by atoms with E-state index in [0.29, 0.717) is 17.9 Å². The number of anilines is 1. The Morgan fingerprint density at radius 2 is 1.94 bits per heavy atom. The number of nitrogens with one attached hydrogen (secondary N) is 1. The molecule has 0 radical (unpaired) electrons. The first-order valence-corrected chi connectivity index (χ1v) is 16.2. The fraction of sp³-hybridized carbons (Fsp3) is 0.588. The Bertz CT molecular complexity index is 1500. The molecule has 1 aromatic rings. The molecule has 0 spiro atoms. The Kier molecular flexibility index (Phi) is 11.2. The number of benzene rings is 1. The minimum Gasteiger partial charge on any atom is -0.495 e. The summed E-state index contributed by atoms with van der Waals surface area (Å²) in [5, 5.41) is 14.4. The number of nitrogens with zero attached hydrogens (tertiary/aromatic N) is 2. The average molecular weight is 692 g/mol. The third-order valence-electron chi connectivity index (χ3n) is 9.63. The van der Waals surface area contributed by atoms with E-state index in [-0.39, 0.29) is 23.8 Å². The second-order valence-electron chi connectivity index (χ2n) is 13.0. The molecule has 2 saturated heterocycles. The largest absolute Gasteiger partial charge is 0.495 e. The van der Waals surface area contributed by atoms with E-state index in [9.17, 15) is 24.3 Å². The number of epoxide rings is 1. The topological polar surface area (TPSA) is 156 Å². The van der Waals surface area contributed by atoms with Crippen molar-refractivity contribution in [3.05, 3.63) is 46.5 Å². The van der Waals surface area contributed by atoms with Gasteiger partial charge < -0.3 is 38.6 Å². The predicted octanol–water partition coefficient (Wildman–Crippen LogP) is 3.53.